The molecule has 0 atom stereocenters. The van der Waals surface area contributed by atoms with Gasteiger partial charge in [0.15, 0.2) is 0 Å². The molecule has 3 aromatic rings. The lowest BCUT2D eigenvalue weighted by Crippen LogP contribution is -2.15. The first kappa shape index (κ1) is 19.1. The maximum atomic E-state index is 12.3. The number of hydrogen-bond donors (Lipinski definition) is 1. The van der Waals surface area contributed by atoms with Gasteiger partial charge in [0.05, 0.1) is 11.4 Å². The van der Waals surface area contributed by atoms with E-state index in [2.05, 4.69) is 41.6 Å². The van der Waals surface area contributed by atoms with Crippen LogP contribution in [0.3, 0.4) is 0 Å². The number of anilines is 1. The predicted molar refractivity (Wildman–Crippen MR) is 108 cm³/mol. The van der Waals surface area contributed by atoms with Gasteiger partial charge in [-0.15, -0.1) is 5.10 Å². The highest BCUT2D eigenvalue weighted by atomic mass is 32.2. The molecule has 1 amide bonds. The first-order chi connectivity index (χ1) is 12.8. The molecule has 7 heteroatoms. The average Bonchev–Trinajstić information content (AvgIpc) is 3.08. The van der Waals surface area contributed by atoms with Crippen molar-refractivity contribution < 1.29 is 4.79 Å². The molecule has 2 aromatic carbocycles. The first-order valence-electron chi connectivity index (χ1n) is 8.71. The fourth-order valence-corrected chi connectivity index (χ4v) is 3.26. The van der Waals surface area contributed by atoms with Gasteiger partial charge in [0.25, 0.3) is 0 Å². The minimum atomic E-state index is -0.0951. The van der Waals surface area contributed by atoms with Crippen molar-refractivity contribution in [2.75, 3.05) is 11.1 Å². The Morgan fingerprint density at radius 2 is 1.89 bits per heavy atom. The van der Waals surface area contributed by atoms with Crippen LogP contribution in [0.5, 0.6) is 0 Å². The van der Waals surface area contributed by atoms with Gasteiger partial charge < -0.3 is 5.32 Å². The number of thioether (sulfide) groups is 1. The van der Waals surface area contributed by atoms with Gasteiger partial charge in [0.2, 0.25) is 11.1 Å². The third-order valence-corrected chi connectivity index (χ3v) is 4.97. The summed E-state index contributed by atoms with van der Waals surface area (Å²) in [6, 6.07) is 15.8. The highest BCUT2D eigenvalue weighted by Gasteiger charge is 2.14. The molecule has 1 aromatic heterocycles. The SMILES string of the molecule is Cc1cccc(-n2nnnc2SCC(=O)Nc2ccc(C(C)(C)C)cc2)c1. The lowest BCUT2D eigenvalue weighted by atomic mass is 9.87. The summed E-state index contributed by atoms with van der Waals surface area (Å²) in [5, 5.41) is 15.3. The van der Waals surface area contributed by atoms with Crippen molar-refractivity contribution in [3.8, 4) is 5.69 Å². The topological polar surface area (TPSA) is 72.7 Å². The maximum Gasteiger partial charge on any atom is 0.234 e. The summed E-state index contributed by atoms with van der Waals surface area (Å²) < 4.78 is 1.64. The molecule has 0 spiro atoms. The third kappa shape index (κ3) is 4.95. The zero-order valence-electron chi connectivity index (χ0n) is 15.9. The number of amides is 1. The van der Waals surface area contributed by atoms with Crippen LogP contribution in [0.2, 0.25) is 0 Å². The Labute approximate surface area is 163 Å². The van der Waals surface area contributed by atoms with E-state index in [-0.39, 0.29) is 17.1 Å². The molecule has 140 valence electrons. The minimum Gasteiger partial charge on any atom is -0.325 e. The van der Waals surface area contributed by atoms with Gasteiger partial charge >= 0.3 is 0 Å². The Morgan fingerprint density at radius 1 is 1.15 bits per heavy atom. The number of aromatic nitrogens is 4. The summed E-state index contributed by atoms with van der Waals surface area (Å²) >= 11 is 1.30. The number of aryl methyl sites for hydroxylation is 1. The molecule has 0 radical (unpaired) electrons. The molecule has 0 aliphatic carbocycles. The maximum absolute atomic E-state index is 12.3. The predicted octanol–water partition coefficient (Wildman–Crippen LogP) is 4.00. The molecular formula is C20H23N5OS. The van der Waals surface area contributed by atoms with Crippen molar-refractivity contribution in [3.63, 3.8) is 0 Å². The van der Waals surface area contributed by atoms with Crippen LogP contribution in [0, 0.1) is 6.92 Å². The van der Waals surface area contributed by atoms with Crippen LogP contribution in [0.1, 0.15) is 31.9 Å². The molecule has 1 heterocycles. The van der Waals surface area contributed by atoms with Crippen LogP contribution in [0.25, 0.3) is 5.69 Å². The summed E-state index contributed by atoms with van der Waals surface area (Å²) in [6.45, 7) is 8.50. The minimum absolute atomic E-state index is 0.0886. The molecule has 1 N–H and O–H groups in total. The van der Waals surface area contributed by atoms with E-state index in [0.717, 1.165) is 16.9 Å². The summed E-state index contributed by atoms with van der Waals surface area (Å²) in [6.07, 6.45) is 0. The summed E-state index contributed by atoms with van der Waals surface area (Å²) in [4.78, 5) is 12.3. The van der Waals surface area contributed by atoms with Crippen molar-refractivity contribution in [2.45, 2.75) is 38.3 Å². The Morgan fingerprint density at radius 3 is 2.56 bits per heavy atom. The monoisotopic (exact) mass is 381 g/mol. The number of benzene rings is 2. The fourth-order valence-electron chi connectivity index (χ4n) is 2.57. The van der Waals surface area contributed by atoms with E-state index in [0.29, 0.717) is 5.16 Å². The molecule has 0 saturated carbocycles. The van der Waals surface area contributed by atoms with Crippen molar-refractivity contribution in [2.24, 2.45) is 0 Å². The van der Waals surface area contributed by atoms with Crippen molar-refractivity contribution in [1.29, 1.82) is 0 Å². The Bertz CT molecular complexity index is 928. The summed E-state index contributed by atoms with van der Waals surface area (Å²) in [7, 11) is 0. The van der Waals surface area contributed by atoms with E-state index in [1.54, 1.807) is 4.68 Å². The van der Waals surface area contributed by atoms with Gasteiger partial charge in [-0.3, -0.25) is 4.79 Å². The van der Waals surface area contributed by atoms with Gasteiger partial charge in [0.1, 0.15) is 0 Å². The highest BCUT2D eigenvalue weighted by molar-refractivity contribution is 7.99. The van der Waals surface area contributed by atoms with E-state index in [4.69, 9.17) is 0 Å². The van der Waals surface area contributed by atoms with Crippen LogP contribution in [-0.4, -0.2) is 31.9 Å². The lowest BCUT2D eigenvalue weighted by Gasteiger charge is -2.19. The number of nitrogens with zero attached hydrogens (tertiary/aromatic N) is 4. The van der Waals surface area contributed by atoms with Gasteiger partial charge in [-0.25, -0.2) is 0 Å². The van der Waals surface area contributed by atoms with Crippen molar-refractivity contribution in [1.82, 2.24) is 20.2 Å². The quantitative estimate of drug-likeness (QED) is 0.676. The largest absolute Gasteiger partial charge is 0.325 e. The Kier molecular flexibility index (Phi) is 5.60. The van der Waals surface area contributed by atoms with Gasteiger partial charge in [0, 0.05) is 5.69 Å². The molecule has 0 saturated heterocycles. The number of hydrogen-bond acceptors (Lipinski definition) is 5. The second-order valence-electron chi connectivity index (χ2n) is 7.38. The second-order valence-corrected chi connectivity index (χ2v) is 8.32. The van der Waals surface area contributed by atoms with Crippen LogP contribution in [0.15, 0.2) is 53.7 Å². The van der Waals surface area contributed by atoms with Crippen molar-refractivity contribution in [3.05, 3.63) is 59.7 Å². The van der Waals surface area contributed by atoms with E-state index >= 15 is 0 Å². The van der Waals surface area contributed by atoms with Gasteiger partial charge in [-0.05, 0) is 58.2 Å². The van der Waals surface area contributed by atoms with Crippen LogP contribution in [0.4, 0.5) is 5.69 Å². The summed E-state index contributed by atoms with van der Waals surface area (Å²) in [5.41, 5.74) is 4.10. The van der Waals surface area contributed by atoms with E-state index < -0.39 is 0 Å². The molecule has 0 bridgehead atoms. The third-order valence-electron chi connectivity index (χ3n) is 4.05. The number of carbonyl (C=O) groups is 1. The van der Waals surface area contributed by atoms with Crippen molar-refractivity contribution >= 4 is 23.4 Å². The average molecular weight is 382 g/mol. The summed E-state index contributed by atoms with van der Waals surface area (Å²) in [5.74, 6) is 0.134. The van der Waals surface area contributed by atoms with Gasteiger partial charge in [-0.2, -0.15) is 4.68 Å². The fraction of sp³-hybridized carbons (Fsp3) is 0.300. The van der Waals surface area contributed by atoms with E-state index in [9.17, 15) is 4.79 Å². The zero-order valence-corrected chi connectivity index (χ0v) is 16.7. The molecule has 3 rings (SSSR count). The number of carbonyl (C=O) groups excluding carboxylic acids is 1. The van der Waals surface area contributed by atoms with Crippen LogP contribution >= 0.6 is 11.8 Å². The molecule has 6 nitrogen and oxygen atoms in total. The highest BCUT2D eigenvalue weighted by Crippen LogP contribution is 2.24. The van der Waals surface area contributed by atoms with E-state index in [1.807, 2.05) is 55.5 Å². The van der Waals surface area contributed by atoms with Gasteiger partial charge in [-0.1, -0.05) is 56.8 Å². The second kappa shape index (κ2) is 7.92. The number of tetrazole rings is 1. The molecule has 0 aliphatic heterocycles. The molecular weight excluding hydrogens is 358 g/mol. The molecule has 27 heavy (non-hydrogen) atoms. The molecule has 0 aliphatic rings. The van der Waals surface area contributed by atoms with Crippen LogP contribution in [-0.2, 0) is 10.2 Å². The standard InChI is InChI=1S/C20H23N5OS/c1-14-6-5-7-17(12-14)25-19(22-23-24-25)27-13-18(26)21-16-10-8-15(9-11-16)20(2,3)4/h5-12H,13H2,1-4H3,(H,21,26). The Hall–Kier alpha value is -2.67. The molecule has 0 fully saturated rings. The zero-order chi connectivity index (χ0) is 19.4. The lowest BCUT2D eigenvalue weighted by molar-refractivity contribution is -0.113. The number of rotatable bonds is 5. The smallest absolute Gasteiger partial charge is 0.234 e. The van der Waals surface area contributed by atoms with Crippen LogP contribution < -0.4 is 5.32 Å². The Balaban J connectivity index is 1.61. The first-order valence-corrected chi connectivity index (χ1v) is 9.70. The normalized spacial score (nSPS) is 11.4. The molecule has 0 unspecified atom stereocenters. The number of nitrogens with one attached hydrogen (secondary N) is 1. The van der Waals surface area contributed by atoms with E-state index in [1.165, 1.54) is 17.3 Å².